The van der Waals surface area contributed by atoms with Gasteiger partial charge in [0, 0.05) is 24.5 Å². The second-order valence-electron chi connectivity index (χ2n) is 5.89. The number of hydrogen-bond donors (Lipinski definition) is 2. The van der Waals surface area contributed by atoms with Crippen molar-refractivity contribution >= 4 is 10.0 Å². The Bertz CT molecular complexity index is 561. The fraction of sp³-hybridized carbons (Fsp3) is 0.714. The Morgan fingerprint density at radius 2 is 2.00 bits per heavy atom. The second kappa shape index (κ2) is 5.50. The maximum Gasteiger partial charge on any atom is 0.244 e. The summed E-state index contributed by atoms with van der Waals surface area (Å²) >= 11 is 0. The molecular formula is C14H22N2O3S. The summed E-state index contributed by atoms with van der Waals surface area (Å²) < 4.78 is 27.2. The normalized spacial score (nSPS) is 25.6. The topological polar surface area (TPSA) is 73.4 Å². The molecule has 2 aliphatic rings. The molecule has 1 aliphatic heterocycles. The number of aliphatic hydroxyl groups excluding tert-OH is 1. The number of aliphatic hydroxyl groups is 1. The maximum absolute atomic E-state index is 12.8. The van der Waals surface area contributed by atoms with Gasteiger partial charge in [-0.15, -0.1) is 0 Å². The molecule has 0 amide bonds. The Morgan fingerprint density at radius 1 is 1.25 bits per heavy atom. The molecule has 1 aliphatic carbocycles. The van der Waals surface area contributed by atoms with Gasteiger partial charge in [-0.3, -0.25) is 0 Å². The van der Waals surface area contributed by atoms with Crippen LogP contribution >= 0.6 is 0 Å². The molecule has 20 heavy (non-hydrogen) atoms. The molecule has 1 unspecified atom stereocenters. The molecule has 3 rings (SSSR count). The summed E-state index contributed by atoms with van der Waals surface area (Å²) in [5, 5.41) is 9.07. The highest BCUT2D eigenvalue weighted by Crippen LogP contribution is 2.38. The van der Waals surface area contributed by atoms with Gasteiger partial charge in [-0.1, -0.05) is 12.8 Å². The molecule has 1 saturated carbocycles. The third-order valence-electron chi connectivity index (χ3n) is 4.69. The van der Waals surface area contributed by atoms with Crippen LogP contribution in [-0.2, 0) is 16.6 Å². The van der Waals surface area contributed by atoms with Gasteiger partial charge in [0.1, 0.15) is 0 Å². The van der Waals surface area contributed by atoms with Gasteiger partial charge in [0.2, 0.25) is 10.0 Å². The summed E-state index contributed by atoms with van der Waals surface area (Å²) in [7, 11) is -3.42. The van der Waals surface area contributed by atoms with Crippen LogP contribution in [0.4, 0.5) is 0 Å². The number of nitrogens with zero attached hydrogens (tertiary/aromatic N) is 1. The molecule has 0 spiro atoms. The highest BCUT2D eigenvalue weighted by molar-refractivity contribution is 7.89. The van der Waals surface area contributed by atoms with E-state index in [1.807, 2.05) is 0 Å². The van der Waals surface area contributed by atoms with Gasteiger partial charge in [-0.05, 0) is 37.7 Å². The zero-order valence-electron chi connectivity index (χ0n) is 11.6. The van der Waals surface area contributed by atoms with E-state index in [4.69, 9.17) is 5.11 Å². The smallest absolute Gasteiger partial charge is 0.244 e. The first kappa shape index (κ1) is 14.1. The molecule has 2 heterocycles. The van der Waals surface area contributed by atoms with Crippen LogP contribution < -0.4 is 0 Å². The Balaban J connectivity index is 1.85. The minimum absolute atomic E-state index is 0.165. The molecule has 5 nitrogen and oxygen atoms in total. The van der Waals surface area contributed by atoms with Crippen molar-refractivity contribution in [2.45, 2.75) is 56.1 Å². The summed E-state index contributed by atoms with van der Waals surface area (Å²) in [4.78, 5) is 3.10. The minimum Gasteiger partial charge on any atom is -0.390 e. The van der Waals surface area contributed by atoms with Crippen molar-refractivity contribution in [2.75, 3.05) is 6.54 Å². The lowest BCUT2D eigenvalue weighted by Crippen LogP contribution is -2.39. The zero-order chi connectivity index (χ0) is 14.2. The van der Waals surface area contributed by atoms with Gasteiger partial charge in [0.15, 0.2) is 0 Å². The van der Waals surface area contributed by atoms with Gasteiger partial charge >= 0.3 is 0 Å². The first-order valence-corrected chi connectivity index (χ1v) is 8.87. The van der Waals surface area contributed by atoms with Gasteiger partial charge in [0.05, 0.1) is 11.5 Å². The van der Waals surface area contributed by atoms with Gasteiger partial charge in [0.25, 0.3) is 0 Å². The Labute approximate surface area is 120 Å². The molecule has 1 aromatic rings. The summed E-state index contributed by atoms with van der Waals surface area (Å²) in [6.45, 7) is 0.463. The van der Waals surface area contributed by atoms with E-state index in [1.165, 1.54) is 19.0 Å². The first-order chi connectivity index (χ1) is 9.63. The SMILES string of the molecule is O=S(=O)(c1c[nH]c(CO)c1)N1CCCC1C1CCCC1. The molecule has 112 valence electrons. The third-order valence-corrected chi connectivity index (χ3v) is 6.59. The van der Waals surface area contributed by atoms with E-state index >= 15 is 0 Å². The molecule has 0 aromatic carbocycles. The molecule has 6 heteroatoms. The molecule has 1 aromatic heterocycles. The largest absolute Gasteiger partial charge is 0.390 e. The molecule has 0 radical (unpaired) electrons. The summed E-state index contributed by atoms with van der Waals surface area (Å²) in [6, 6.07) is 1.72. The van der Waals surface area contributed by atoms with Crippen molar-refractivity contribution in [1.82, 2.24) is 9.29 Å². The first-order valence-electron chi connectivity index (χ1n) is 7.43. The highest BCUT2D eigenvalue weighted by atomic mass is 32.2. The van der Waals surface area contributed by atoms with E-state index in [9.17, 15) is 8.42 Å². The average Bonchev–Trinajstić information content (AvgIpc) is 3.17. The Kier molecular flexibility index (Phi) is 3.88. The molecule has 2 N–H and O–H groups in total. The predicted molar refractivity (Wildman–Crippen MR) is 75.6 cm³/mol. The van der Waals surface area contributed by atoms with Crippen molar-refractivity contribution in [1.29, 1.82) is 0 Å². The number of hydrogen-bond acceptors (Lipinski definition) is 3. The van der Waals surface area contributed by atoms with Gasteiger partial charge in [-0.2, -0.15) is 4.31 Å². The standard InChI is InChI=1S/C14H22N2O3S/c17-10-12-8-13(9-15-12)20(18,19)16-7-3-6-14(16)11-4-1-2-5-11/h8-9,11,14-15,17H,1-7,10H2. The minimum atomic E-state index is -3.42. The number of sulfonamides is 1. The molecule has 0 bridgehead atoms. The van der Waals surface area contributed by atoms with Crippen LogP contribution in [0.2, 0.25) is 0 Å². The summed E-state index contributed by atoms with van der Waals surface area (Å²) in [5.41, 5.74) is 0.542. The van der Waals surface area contributed by atoms with Crippen LogP contribution in [0, 0.1) is 5.92 Å². The van der Waals surface area contributed by atoms with Crippen LogP contribution in [0.15, 0.2) is 17.2 Å². The number of H-pyrrole nitrogens is 1. The van der Waals surface area contributed by atoms with E-state index in [0.29, 0.717) is 18.2 Å². The highest BCUT2D eigenvalue weighted by Gasteiger charge is 2.40. The van der Waals surface area contributed by atoms with Crippen LogP contribution in [0.3, 0.4) is 0 Å². The van der Waals surface area contributed by atoms with Crippen LogP contribution in [-0.4, -0.2) is 35.4 Å². The van der Waals surface area contributed by atoms with E-state index in [2.05, 4.69) is 4.98 Å². The summed E-state index contributed by atoms with van der Waals surface area (Å²) in [6.07, 6.45) is 8.21. The Hall–Kier alpha value is -0.850. The van der Waals surface area contributed by atoms with Gasteiger partial charge < -0.3 is 10.1 Å². The van der Waals surface area contributed by atoms with Crippen LogP contribution in [0.25, 0.3) is 0 Å². The van der Waals surface area contributed by atoms with Crippen molar-refractivity contribution in [3.8, 4) is 0 Å². The quantitative estimate of drug-likeness (QED) is 0.891. The molecule has 1 saturated heterocycles. The Morgan fingerprint density at radius 3 is 2.65 bits per heavy atom. The maximum atomic E-state index is 12.8. The number of aromatic nitrogens is 1. The lowest BCUT2D eigenvalue weighted by atomic mass is 9.97. The predicted octanol–water partition coefficient (Wildman–Crippen LogP) is 1.85. The van der Waals surface area contributed by atoms with Crippen molar-refractivity contribution in [3.63, 3.8) is 0 Å². The lowest BCUT2D eigenvalue weighted by molar-refractivity contribution is 0.277. The van der Waals surface area contributed by atoms with E-state index in [-0.39, 0.29) is 17.5 Å². The van der Waals surface area contributed by atoms with Crippen molar-refractivity contribution in [3.05, 3.63) is 18.0 Å². The fourth-order valence-corrected chi connectivity index (χ4v) is 5.45. The third kappa shape index (κ3) is 2.40. The summed E-state index contributed by atoms with van der Waals surface area (Å²) in [5.74, 6) is 0.531. The average molecular weight is 298 g/mol. The molecule has 2 fully saturated rings. The van der Waals surface area contributed by atoms with Crippen molar-refractivity contribution in [2.24, 2.45) is 5.92 Å². The number of rotatable bonds is 4. The second-order valence-corrected chi connectivity index (χ2v) is 7.78. The molecule has 1 atom stereocenters. The number of nitrogens with one attached hydrogen (secondary N) is 1. The lowest BCUT2D eigenvalue weighted by Gasteiger charge is -2.28. The zero-order valence-corrected chi connectivity index (χ0v) is 12.4. The number of aromatic amines is 1. The van der Waals surface area contributed by atoms with E-state index in [1.54, 1.807) is 10.4 Å². The molecular weight excluding hydrogens is 276 g/mol. The van der Waals surface area contributed by atoms with Crippen LogP contribution in [0.5, 0.6) is 0 Å². The monoisotopic (exact) mass is 298 g/mol. The van der Waals surface area contributed by atoms with Crippen molar-refractivity contribution < 1.29 is 13.5 Å². The van der Waals surface area contributed by atoms with E-state index in [0.717, 1.165) is 25.7 Å². The van der Waals surface area contributed by atoms with Gasteiger partial charge in [-0.25, -0.2) is 8.42 Å². The fourth-order valence-electron chi connectivity index (χ4n) is 3.67. The van der Waals surface area contributed by atoms with Crippen LogP contribution in [0.1, 0.15) is 44.2 Å². The van der Waals surface area contributed by atoms with E-state index < -0.39 is 10.0 Å².